The first kappa shape index (κ1) is 12.5. The fourth-order valence-electron chi connectivity index (χ4n) is 2.44. The molecule has 1 aromatic carbocycles. The van der Waals surface area contributed by atoms with E-state index in [4.69, 9.17) is 4.74 Å². The monoisotopic (exact) mass is 249 g/mol. The third kappa shape index (κ3) is 2.20. The van der Waals surface area contributed by atoms with Crippen molar-refractivity contribution in [3.8, 4) is 5.75 Å². The molecule has 1 aliphatic carbocycles. The van der Waals surface area contributed by atoms with Crippen molar-refractivity contribution in [2.24, 2.45) is 5.18 Å². The van der Waals surface area contributed by atoms with Crippen LogP contribution in [0.5, 0.6) is 5.75 Å². The largest absolute Gasteiger partial charge is 0.497 e. The van der Waals surface area contributed by atoms with Crippen LogP contribution in [0.1, 0.15) is 35.9 Å². The number of carbonyl (C=O) groups is 1. The number of esters is 1. The highest BCUT2D eigenvalue weighted by molar-refractivity contribution is 5.71. The summed E-state index contributed by atoms with van der Waals surface area (Å²) in [6.07, 6.45) is 0.823. The van der Waals surface area contributed by atoms with E-state index in [0.717, 1.165) is 16.9 Å². The van der Waals surface area contributed by atoms with E-state index in [1.807, 2.05) is 12.1 Å². The fourth-order valence-corrected chi connectivity index (χ4v) is 2.44. The Morgan fingerprint density at radius 1 is 1.39 bits per heavy atom. The van der Waals surface area contributed by atoms with Gasteiger partial charge >= 0.3 is 5.97 Å². The first-order chi connectivity index (χ1) is 8.69. The van der Waals surface area contributed by atoms with Gasteiger partial charge in [0.2, 0.25) is 0 Å². The summed E-state index contributed by atoms with van der Waals surface area (Å²) in [5.74, 6) is 0.417. The molecule has 0 fully saturated rings. The van der Waals surface area contributed by atoms with E-state index in [-0.39, 0.29) is 24.3 Å². The summed E-state index contributed by atoms with van der Waals surface area (Å²) in [5.41, 5.74) is 1.85. The van der Waals surface area contributed by atoms with Gasteiger partial charge in [-0.15, -0.1) is 0 Å². The quantitative estimate of drug-likeness (QED) is 0.607. The SMILES string of the molecule is COC(=O)CC1CC(N=O)c2ccc(OC)cc21. The summed E-state index contributed by atoms with van der Waals surface area (Å²) in [6.45, 7) is 0. The molecule has 0 aromatic heterocycles. The van der Waals surface area contributed by atoms with Gasteiger partial charge in [0.05, 0.1) is 20.6 Å². The predicted octanol–water partition coefficient (Wildman–Crippen LogP) is 2.55. The molecule has 0 saturated heterocycles. The van der Waals surface area contributed by atoms with Crippen LogP contribution in [0.15, 0.2) is 23.4 Å². The van der Waals surface area contributed by atoms with Crippen LogP contribution in [0.25, 0.3) is 0 Å². The summed E-state index contributed by atoms with van der Waals surface area (Å²) >= 11 is 0. The zero-order valence-electron chi connectivity index (χ0n) is 10.4. The van der Waals surface area contributed by atoms with E-state index in [2.05, 4.69) is 9.91 Å². The van der Waals surface area contributed by atoms with Crippen LogP contribution >= 0.6 is 0 Å². The number of carbonyl (C=O) groups excluding carboxylic acids is 1. The van der Waals surface area contributed by atoms with Crippen LogP contribution in [-0.2, 0) is 9.53 Å². The third-order valence-electron chi connectivity index (χ3n) is 3.37. The molecule has 0 N–H and O–H groups in total. The van der Waals surface area contributed by atoms with Crippen molar-refractivity contribution in [1.29, 1.82) is 0 Å². The smallest absolute Gasteiger partial charge is 0.306 e. The van der Waals surface area contributed by atoms with Crippen LogP contribution < -0.4 is 4.74 Å². The van der Waals surface area contributed by atoms with Gasteiger partial charge in [-0.05, 0) is 35.6 Å². The summed E-state index contributed by atoms with van der Waals surface area (Å²) in [7, 11) is 2.95. The second-order valence-corrected chi connectivity index (χ2v) is 4.33. The Balaban J connectivity index is 2.32. The zero-order valence-corrected chi connectivity index (χ0v) is 10.4. The molecule has 1 aromatic rings. The highest BCUT2D eigenvalue weighted by atomic mass is 16.5. The maximum Gasteiger partial charge on any atom is 0.306 e. The number of fused-ring (bicyclic) bond motifs is 1. The standard InChI is InChI=1S/C13H15NO4/c1-17-9-3-4-10-11(7-9)8(5-12(10)14-16)6-13(15)18-2/h3-4,7-8,12H,5-6H2,1-2H3. The molecule has 96 valence electrons. The van der Waals surface area contributed by atoms with Gasteiger partial charge in [-0.25, -0.2) is 0 Å². The van der Waals surface area contributed by atoms with Gasteiger partial charge in [0, 0.05) is 0 Å². The van der Waals surface area contributed by atoms with Crippen molar-refractivity contribution in [3.05, 3.63) is 34.2 Å². The Bertz CT molecular complexity index is 472. The number of methoxy groups -OCH3 is 2. The van der Waals surface area contributed by atoms with Crippen molar-refractivity contribution in [3.63, 3.8) is 0 Å². The number of benzene rings is 1. The number of nitrogens with zero attached hydrogens (tertiary/aromatic N) is 1. The number of rotatable bonds is 4. The second kappa shape index (κ2) is 5.16. The van der Waals surface area contributed by atoms with Gasteiger partial charge in [0.15, 0.2) is 0 Å². The van der Waals surface area contributed by atoms with Crippen molar-refractivity contribution in [2.75, 3.05) is 14.2 Å². The zero-order chi connectivity index (χ0) is 13.1. The summed E-state index contributed by atoms with van der Waals surface area (Å²) in [5, 5.41) is 3.12. The van der Waals surface area contributed by atoms with Crippen LogP contribution in [0.3, 0.4) is 0 Å². The fraction of sp³-hybridized carbons (Fsp3) is 0.462. The highest BCUT2D eigenvalue weighted by Gasteiger charge is 2.33. The summed E-state index contributed by atoms with van der Waals surface area (Å²) < 4.78 is 9.84. The Kier molecular flexibility index (Phi) is 3.60. The molecule has 18 heavy (non-hydrogen) atoms. The minimum atomic E-state index is -0.374. The molecule has 2 atom stereocenters. The number of nitroso groups, excluding NO2 is 1. The molecule has 2 rings (SSSR count). The first-order valence-corrected chi connectivity index (χ1v) is 5.76. The van der Waals surface area contributed by atoms with Gasteiger partial charge in [-0.2, -0.15) is 4.91 Å². The highest BCUT2D eigenvalue weighted by Crippen LogP contribution is 2.45. The molecule has 0 heterocycles. The Labute approximate surface area is 105 Å². The van der Waals surface area contributed by atoms with Crippen molar-refractivity contribution in [1.82, 2.24) is 0 Å². The van der Waals surface area contributed by atoms with Crippen LogP contribution in [0, 0.1) is 4.91 Å². The molecule has 0 aliphatic heterocycles. The maximum atomic E-state index is 11.4. The Morgan fingerprint density at radius 2 is 2.17 bits per heavy atom. The molecule has 1 aliphatic rings. The van der Waals surface area contributed by atoms with Crippen molar-refractivity contribution >= 4 is 5.97 Å². The molecule has 0 amide bonds. The van der Waals surface area contributed by atoms with E-state index < -0.39 is 0 Å². The van der Waals surface area contributed by atoms with Gasteiger partial charge < -0.3 is 9.47 Å². The van der Waals surface area contributed by atoms with E-state index in [9.17, 15) is 9.70 Å². The molecule has 5 nitrogen and oxygen atoms in total. The number of hydrogen-bond donors (Lipinski definition) is 0. The van der Waals surface area contributed by atoms with Crippen molar-refractivity contribution in [2.45, 2.75) is 24.8 Å². The lowest BCUT2D eigenvalue weighted by molar-refractivity contribution is -0.141. The van der Waals surface area contributed by atoms with E-state index in [0.29, 0.717) is 6.42 Å². The van der Waals surface area contributed by atoms with Crippen molar-refractivity contribution < 1.29 is 14.3 Å². The molecule has 0 spiro atoms. The summed E-state index contributed by atoms with van der Waals surface area (Å²) in [6, 6.07) is 5.14. The second-order valence-electron chi connectivity index (χ2n) is 4.33. The summed E-state index contributed by atoms with van der Waals surface area (Å²) in [4.78, 5) is 22.2. The molecule has 0 radical (unpaired) electrons. The normalized spacial score (nSPS) is 21.2. The third-order valence-corrected chi connectivity index (χ3v) is 3.37. The molecule has 0 bridgehead atoms. The van der Waals surface area contributed by atoms with Gasteiger partial charge in [-0.1, -0.05) is 11.2 Å². The number of ether oxygens (including phenoxy) is 2. The van der Waals surface area contributed by atoms with Crippen LogP contribution in [-0.4, -0.2) is 20.2 Å². The lowest BCUT2D eigenvalue weighted by Gasteiger charge is -2.10. The molecule has 0 saturated carbocycles. The average Bonchev–Trinajstić information content (AvgIpc) is 2.75. The van der Waals surface area contributed by atoms with Gasteiger partial charge in [-0.3, -0.25) is 4.79 Å². The number of hydrogen-bond acceptors (Lipinski definition) is 5. The topological polar surface area (TPSA) is 65.0 Å². The van der Waals surface area contributed by atoms with Gasteiger partial charge in [0.1, 0.15) is 11.8 Å². The molecular formula is C13H15NO4. The maximum absolute atomic E-state index is 11.4. The Morgan fingerprint density at radius 3 is 2.78 bits per heavy atom. The molecule has 5 heteroatoms. The molecular weight excluding hydrogens is 234 g/mol. The lowest BCUT2D eigenvalue weighted by atomic mass is 9.98. The van der Waals surface area contributed by atoms with E-state index in [1.165, 1.54) is 7.11 Å². The predicted molar refractivity (Wildman–Crippen MR) is 65.5 cm³/mol. The van der Waals surface area contributed by atoms with E-state index in [1.54, 1.807) is 13.2 Å². The van der Waals surface area contributed by atoms with Crippen LogP contribution in [0.4, 0.5) is 0 Å². The van der Waals surface area contributed by atoms with E-state index >= 15 is 0 Å². The lowest BCUT2D eigenvalue weighted by Crippen LogP contribution is -2.06. The first-order valence-electron chi connectivity index (χ1n) is 5.76. The Hall–Kier alpha value is -1.91. The molecule has 2 unspecified atom stereocenters. The van der Waals surface area contributed by atoms with Crippen LogP contribution in [0.2, 0.25) is 0 Å². The minimum absolute atomic E-state index is 0.0229. The van der Waals surface area contributed by atoms with Gasteiger partial charge in [0.25, 0.3) is 0 Å². The minimum Gasteiger partial charge on any atom is -0.497 e. The average molecular weight is 249 g/mol.